The number of hydrogen-bond donors (Lipinski definition) is 0. The van der Waals surface area contributed by atoms with Crippen LogP contribution >= 0.6 is 23.4 Å². The second-order valence-electron chi connectivity index (χ2n) is 7.93. The van der Waals surface area contributed by atoms with E-state index in [1.165, 1.54) is 12.7 Å². The number of nitrogens with zero attached hydrogens (tertiary/aromatic N) is 1. The van der Waals surface area contributed by atoms with Crippen LogP contribution in [-0.2, 0) is 20.1 Å². The van der Waals surface area contributed by atoms with Gasteiger partial charge in [-0.15, -0.1) is 0 Å². The van der Waals surface area contributed by atoms with Crippen LogP contribution in [0.15, 0.2) is 54.6 Å². The first-order valence-corrected chi connectivity index (χ1v) is 12.3. The number of thioether (sulfide) groups is 1. The molecule has 0 aromatic heterocycles. The Hall–Kier alpha value is -1.98. The SMILES string of the molecule is CCC(CSCc1ccccc1)N1C(=O)C(CC(=O)OC)CCC1c1ccc(Cl)cc1. The minimum Gasteiger partial charge on any atom is -0.469 e. The first-order valence-electron chi connectivity index (χ1n) is 10.8. The van der Waals surface area contributed by atoms with Gasteiger partial charge in [-0.25, -0.2) is 0 Å². The van der Waals surface area contributed by atoms with Crippen LogP contribution in [0.4, 0.5) is 0 Å². The van der Waals surface area contributed by atoms with Crippen LogP contribution in [0.1, 0.15) is 49.8 Å². The molecule has 0 bridgehead atoms. The number of methoxy groups -OCH3 is 1. The van der Waals surface area contributed by atoms with Crippen LogP contribution in [-0.4, -0.2) is 35.7 Å². The van der Waals surface area contributed by atoms with Crippen LogP contribution in [0.25, 0.3) is 0 Å². The number of rotatable bonds is 9. The highest BCUT2D eigenvalue weighted by atomic mass is 35.5. The predicted octanol–water partition coefficient (Wildman–Crippen LogP) is 5.89. The van der Waals surface area contributed by atoms with Gasteiger partial charge in [-0.1, -0.05) is 61.0 Å². The maximum Gasteiger partial charge on any atom is 0.306 e. The Bertz CT molecular complexity index is 859. The number of ether oxygens (including phenoxy) is 1. The molecule has 1 amide bonds. The fraction of sp³-hybridized carbons (Fsp3) is 0.440. The Morgan fingerprint density at radius 1 is 1.16 bits per heavy atom. The van der Waals surface area contributed by atoms with Gasteiger partial charge in [-0.2, -0.15) is 11.8 Å². The van der Waals surface area contributed by atoms with Crippen LogP contribution in [0.2, 0.25) is 5.02 Å². The van der Waals surface area contributed by atoms with Crippen molar-refractivity contribution in [1.82, 2.24) is 4.90 Å². The molecular formula is C25H30ClNO3S. The molecule has 1 saturated heterocycles. The molecule has 6 heteroatoms. The van der Waals surface area contributed by atoms with Gasteiger partial charge in [0, 0.05) is 28.5 Å². The fourth-order valence-electron chi connectivity index (χ4n) is 4.19. The number of carbonyl (C=O) groups is 2. The van der Waals surface area contributed by atoms with Gasteiger partial charge in [0.1, 0.15) is 0 Å². The maximum atomic E-state index is 13.5. The molecule has 166 valence electrons. The van der Waals surface area contributed by atoms with E-state index < -0.39 is 0 Å². The summed E-state index contributed by atoms with van der Waals surface area (Å²) in [5, 5.41) is 0.687. The lowest BCUT2D eigenvalue weighted by Gasteiger charge is -2.44. The van der Waals surface area contributed by atoms with Gasteiger partial charge >= 0.3 is 5.97 Å². The van der Waals surface area contributed by atoms with Crippen molar-refractivity contribution in [2.75, 3.05) is 12.9 Å². The lowest BCUT2D eigenvalue weighted by atomic mass is 9.85. The van der Waals surface area contributed by atoms with Gasteiger partial charge < -0.3 is 9.64 Å². The predicted molar refractivity (Wildman–Crippen MR) is 127 cm³/mol. The quantitative estimate of drug-likeness (QED) is 0.438. The fourth-order valence-corrected chi connectivity index (χ4v) is 5.53. The molecule has 0 N–H and O–H groups in total. The summed E-state index contributed by atoms with van der Waals surface area (Å²) in [4.78, 5) is 27.5. The maximum absolute atomic E-state index is 13.5. The Labute approximate surface area is 194 Å². The highest BCUT2D eigenvalue weighted by Gasteiger charge is 2.40. The zero-order valence-electron chi connectivity index (χ0n) is 18.1. The molecule has 4 nitrogen and oxygen atoms in total. The second-order valence-corrected chi connectivity index (χ2v) is 9.40. The minimum absolute atomic E-state index is 0.000869. The smallest absolute Gasteiger partial charge is 0.306 e. The molecule has 3 rings (SSSR count). The Morgan fingerprint density at radius 2 is 1.87 bits per heavy atom. The Kier molecular flexibility index (Phi) is 8.85. The lowest BCUT2D eigenvalue weighted by molar-refractivity contribution is -0.152. The topological polar surface area (TPSA) is 46.6 Å². The first-order chi connectivity index (χ1) is 15.0. The summed E-state index contributed by atoms with van der Waals surface area (Å²) in [7, 11) is 1.37. The molecule has 0 saturated carbocycles. The molecule has 0 aliphatic carbocycles. The molecule has 31 heavy (non-hydrogen) atoms. The van der Waals surface area contributed by atoms with E-state index >= 15 is 0 Å². The largest absolute Gasteiger partial charge is 0.469 e. The third-order valence-corrected chi connectivity index (χ3v) is 7.32. The third-order valence-electron chi connectivity index (χ3n) is 5.91. The van der Waals surface area contributed by atoms with Gasteiger partial charge in [0.25, 0.3) is 0 Å². The van der Waals surface area contributed by atoms with E-state index in [1.807, 2.05) is 47.0 Å². The Morgan fingerprint density at radius 3 is 2.52 bits per heavy atom. The standard InChI is InChI=1S/C25H30ClNO3S/c1-3-22(17-31-16-18-7-5-4-6-8-18)27-23(19-9-12-21(26)13-10-19)14-11-20(25(27)29)15-24(28)30-2/h4-10,12-13,20,22-23H,3,11,14-17H2,1-2H3. The van der Waals surface area contributed by atoms with E-state index in [2.05, 4.69) is 31.2 Å². The molecule has 3 unspecified atom stereocenters. The second kappa shape index (κ2) is 11.6. The zero-order chi connectivity index (χ0) is 22.2. The van der Waals surface area contributed by atoms with Gasteiger partial charge in [-0.3, -0.25) is 9.59 Å². The summed E-state index contributed by atoms with van der Waals surface area (Å²) < 4.78 is 4.83. The average molecular weight is 460 g/mol. The molecule has 1 heterocycles. The molecule has 1 aliphatic heterocycles. The number of benzene rings is 2. The van der Waals surface area contributed by atoms with E-state index in [-0.39, 0.29) is 36.3 Å². The molecule has 2 aromatic carbocycles. The van der Waals surface area contributed by atoms with Crippen molar-refractivity contribution < 1.29 is 14.3 Å². The number of hydrogen-bond acceptors (Lipinski definition) is 4. The monoisotopic (exact) mass is 459 g/mol. The van der Waals surface area contributed by atoms with Crippen molar-refractivity contribution >= 4 is 35.2 Å². The molecule has 0 spiro atoms. The summed E-state index contributed by atoms with van der Waals surface area (Å²) in [6.45, 7) is 2.13. The van der Waals surface area contributed by atoms with Crippen molar-refractivity contribution in [3.8, 4) is 0 Å². The lowest BCUT2D eigenvalue weighted by Crippen LogP contribution is -2.50. The van der Waals surface area contributed by atoms with Crippen LogP contribution in [0, 0.1) is 5.92 Å². The Balaban J connectivity index is 1.79. The van der Waals surface area contributed by atoms with E-state index in [4.69, 9.17) is 16.3 Å². The number of esters is 1. The third kappa shape index (κ3) is 6.27. The van der Waals surface area contributed by atoms with Crippen LogP contribution in [0.3, 0.4) is 0 Å². The van der Waals surface area contributed by atoms with E-state index in [0.29, 0.717) is 11.4 Å². The van der Waals surface area contributed by atoms with Gasteiger partial charge in [0.15, 0.2) is 0 Å². The zero-order valence-corrected chi connectivity index (χ0v) is 19.7. The molecular weight excluding hydrogens is 430 g/mol. The van der Waals surface area contributed by atoms with Crippen LogP contribution < -0.4 is 0 Å². The molecule has 0 radical (unpaired) electrons. The van der Waals surface area contributed by atoms with Crippen molar-refractivity contribution in [2.24, 2.45) is 5.92 Å². The number of likely N-dealkylation sites (tertiary alicyclic amines) is 1. The first kappa shape index (κ1) is 23.7. The van der Waals surface area contributed by atoms with E-state index in [0.717, 1.165) is 29.9 Å². The number of amides is 1. The molecule has 2 aromatic rings. The summed E-state index contributed by atoms with van der Waals surface area (Å²) in [5.74, 6) is 1.19. The van der Waals surface area contributed by atoms with E-state index in [1.54, 1.807) is 0 Å². The molecule has 3 atom stereocenters. The molecule has 1 fully saturated rings. The van der Waals surface area contributed by atoms with Gasteiger partial charge in [0.2, 0.25) is 5.91 Å². The van der Waals surface area contributed by atoms with Crippen molar-refractivity contribution in [3.05, 3.63) is 70.7 Å². The minimum atomic E-state index is -0.324. The number of piperidine rings is 1. The number of halogens is 1. The number of carbonyl (C=O) groups excluding carboxylic acids is 2. The average Bonchev–Trinajstić information content (AvgIpc) is 2.79. The van der Waals surface area contributed by atoms with E-state index in [9.17, 15) is 9.59 Å². The summed E-state index contributed by atoms with van der Waals surface area (Å²) in [6, 6.07) is 18.3. The van der Waals surface area contributed by atoms with Gasteiger partial charge in [0.05, 0.1) is 19.6 Å². The summed E-state index contributed by atoms with van der Waals surface area (Å²) in [5.41, 5.74) is 2.38. The van der Waals surface area contributed by atoms with Gasteiger partial charge in [-0.05, 0) is 42.5 Å². The highest BCUT2D eigenvalue weighted by Crippen LogP contribution is 2.38. The summed E-state index contributed by atoms with van der Waals surface area (Å²) >= 11 is 7.94. The van der Waals surface area contributed by atoms with Crippen LogP contribution in [0.5, 0.6) is 0 Å². The van der Waals surface area contributed by atoms with Crippen molar-refractivity contribution in [1.29, 1.82) is 0 Å². The normalized spacial score (nSPS) is 19.8. The van der Waals surface area contributed by atoms with Crippen molar-refractivity contribution in [2.45, 2.75) is 50.4 Å². The summed E-state index contributed by atoms with van der Waals surface area (Å²) in [6.07, 6.45) is 2.52. The van der Waals surface area contributed by atoms with Crippen molar-refractivity contribution in [3.63, 3.8) is 0 Å². The molecule has 1 aliphatic rings. The highest BCUT2D eigenvalue weighted by molar-refractivity contribution is 7.98.